The average Bonchev–Trinajstić information content (AvgIpc) is 2.69. The number of likely N-dealkylation sites (N-methyl/N-ethyl adjacent to an activating group) is 1. The summed E-state index contributed by atoms with van der Waals surface area (Å²) < 4.78 is 27.0. The van der Waals surface area contributed by atoms with Crippen LogP contribution in [0.2, 0.25) is 5.15 Å². The van der Waals surface area contributed by atoms with E-state index in [2.05, 4.69) is 22.1 Å². The molecule has 1 aromatic heterocycles. The van der Waals surface area contributed by atoms with Crippen LogP contribution in [0.1, 0.15) is 17.3 Å². The summed E-state index contributed by atoms with van der Waals surface area (Å²) in [6.07, 6.45) is 1.38. The molecular weight excluding hydrogens is 388 g/mol. The number of carbonyl (C=O) groups is 1. The van der Waals surface area contributed by atoms with Crippen LogP contribution in [0, 0.1) is 0 Å². The van der Waals surface area contributed by atoms with Crippen LogP contribution in [0.4, 0.5) is 5.69 Å². The third kappa shape index (κ3) is 4.65. The summed E-state index contributed by atoms with van der Waals surface area (Å²) in [5.41, 5.74) is 0.870. The predicted octanol–water partition coefficient (Wildman–Crippen LogP) is 2.31. The third-order valence-electron chi connectivity index (χ3n) is 4.52. The zero-order valence-corrected chi connectivity index (χ0v) is 16.5. The molecule has 144 valence electrons. The van der Waals surface area contributed by atoms with Crippen LogP contribution in [0.15, 0.2) is 47.5 Å². The van der Waals surface area contributed by atoms with E-state index < -0.39 is 10.0 Å². The number of pyridine rings is 1. The lowest BCUT2D eigenvalue weighted by molar-refractivity contribution is 0.102. The van der Waals surface area contributed by atoms with Crippen molar-refractivity contribution >= 4 is 33.2 Å². The number of carbonyl (C=O) groups excluding carboxylic acids is 1. The molecule has 1 amide bonds. The summed E-state index contributed by atoms with van der Waals surface area (Å²) in [5, 5.41) is 3.02. The predicted molar refractivity (Wildman–Crippen MR) is 105 cm³/mol. The van der Waals surface area contributed by atoms with Crippen molar-refractivity contribution in [2.24, 2.45) is 0 Å². The quantitative estimate of drug-likeness (QED) is 0.767. The Kier molecular flexibility index (Phi) is 6.11. The van der Waals surface area contributed by atoms with Gasteiger partial charge < -0.3 is 10.2 Å². The molecule has 2 aromatic rings. The fourth-order valence-electron chi connectivity index (χ4n) is 2.86. The van der Waals surface area contributed by atoms with Crippen molar-refractivity contribution in [2.75, 3.05) is 38.0 Å². The molecule has 2 heterocycles. The summed E-state index contributed by atoms with van der Waals surface area (Å²) in [6, 6.07) is 9.28. The Balaban J connectivity index is 1.67. The van der Waals surface area contributed by atoms with E-state index in [0.717, 1.165) is 19.6 Å². The molecule has 9 heteroatoms. The number of anilines is 1. The van der Waals surface area contributed by atoms with Gasteiger partial charge in [0.15, 0.2) is 0 Å². The normalized spacial score (nSPS) is 16.2. The third-order valence-corrected chi connectivity index (χ3v) is 6.65. The second kappa shape index (κ2) is 8.35. The summed E-state index contributed by atoms with van der Waals surface area (Å²) >= 11 is 5.71. The van der Waals surface area contributed by atoms with E-state index in [1.165, 1.54) is 28.7 Å². The summed E-state index contributed by atoms with van der Waals surface area (Å²) in [6.45, 7) is 5.43. The largest absolute Gasteiger partial charge is 0.322 e. The maximum Gasteiger partial charge on any atom is 0.257 e. The number of amides is 1. The van der Waals surface area contributed by atoms with Crippen LogP contribution in [0.3, 0.4) is 0 Å². The number of sulfonamides is 1. The van der Waals surface area contributed by atoms with E-state index in [-0.39, 0.29) is 10.8 Å². The van der Waals surface area contributed by atoms with Gasteiger partial charge in [-0.3, -0.25) is 4.79 Å². The van der Waals surface area contributed by atoms with Gasteiger partial charge in [0.1, 0.15) is 5.15 Å². The van der Waals surface area contributed by atoms with Crippen LogP contribution in [-0.2, 0) is 10.0 Å². The topological polar surface area (TPSA) is 82.6 Å². The SMILES string of the molecule is CCN1CCN(S(=O)(=O)c2ccc(NC(=O)c3ccc(Cl)nc3)cc2)CC1. The van der Waals surface area contributed by atoms with Gasteiger partial charge in [0.2, 0.25) is 10.0 Å². The number of hydrogen-bond acceptors (Lipinski definition) is 5. The first-order valence-electron chi connectivity index (χ1n) is 8.65. The van der Waals surface area contributed by atoms with Crippen molar-refractivity contribution in [1.29, 1.82) is 0 Å². The van der Waals surface area contributed by atoms with Crippen LogP contribution >= 0.6 is 11.6 Å². The highest BCUT2D eigenvalue weighted by atomic mass is 35.5. The second-order valence-corrected chi connectivity index (χ2v) is 8.51. The zero-order chi connectivity index (χ0) is 19.4. The minimum absolute atomic E-state index is 0.221. The lowest BCUT2D eigenvalue weighted by Crippen LogP contribution is -2.48. The van der Waals surface area contributed by atoms with Crippen LogP contribution in [-0.4, -0.2) is 61.2 Å². The maximum atomic E-state index is 12.8. The molecule has 1 aliphatic rings. The molecule has 0 bridgehead atoms. The van der Waals surface area contributed by atoms with E-state index in [1.807, 2.05) is 0 Å². The van der Waals surface area contributed by atoms with Gasteiger partial charge in [0, 0.05) is 38.1 Å². The lowest BCUT2D eigenvalue weighted by Gasteiger charge is -2.33. The highest BCUT2D eigenvalue weighted by Gasteiger charge is 2.27. The van der Waals surface area contributed by atoms with E-state index in [4.69, 9.17) is 11.6 Å². The molecule has 1 N–H and O–H groups in total. The van der Waals surface area contributed by atoms with Gasteiger partial charge in [-0.05, 0) is 42.9 Å². The molecule has 1 saturated heterocycles. The van der Waals surface area contributed by atoms with Crippen molar-refractivity contribution in [3.63, 3.8) is 0 Å². The van der Waals surface area contributed by atoms with Crippen molar-refractivity contribution < 1.29 is 13.2 Å². The number of rotatable bonds is 5. The Morgan fingerprint density at radius 1 is 1.11 bits per heavy atom. The highest BCUT2D eigenvalue weighted by molar-refractivity contribution is 7.89. The molecule has 0 atom stereocenters. The molecule has 1 aliphatic heterocycles. The molecular formula is C18H21ClN4O3S. The van der Waals surface area contributed by atoms with Gasteiger partial charge in [0.05, 0.1) is 10.5 Å². The van der Waals surface area contributed by atoms with Gasteiger partial charge in [0.25, 0.3) is 5.91 Å². The zero-order valence-electron chi connectivity index (χ0n) is 14.9. The molecule has 0 radical (unpaired) electrons. The molecule has 1 fully saturated rings. The van der Waals surface area contributed by atoms with Crippen LogP contribution < -0.4 is 5.32 Å². The standard InChI is InChI=1S/C18H21ClN4O3S/c1-2-22-9-11-23(12-10-22)27(25,26)16-6-4-15(5-7-16)21-18(24)14-3-8-17(19)20-13-14/h3-8,13H,2,9-12H2,1H3,(H,21,24). The van der Waals surface area contributed by atoms with Gasteiger partial charge in [-0.15, -0.1) is 0 Å². The number of piperazine rings is 1. The number of benzene rings is 1. The number of aromatic nitrogens is 1. The van der Waals surface area contributed by atoms with E-state index in [9.17, 15) is 13.2 Å². The first-order valence-corrected chi connectivity index (χ1v) is 10.5. The summed E-state index contributed by atoms with van der Waals surface area (Å²) in [7, 11) is -3.53. The van der Waals surface area contributed by atoms with Crippen molar-refractivity contribution in [2.45, 2.75) is 11.8 Å². The maximum absolute atomic E-state index is 12.8. The first kappa shape index (κ1) is 19.8. The molecule has 1 aromatic carbocycles. The average molecular weight is 409 g/mol. The van der Waals surface area contributed by atoms with E-state index >= 15 is 0 Å². The van der Waals surface area contributed by atoms with E-state index in [0.29, 0.717) is 29.5 Å². The molecule has 0 saturated carbocycles. The fourth-order valence-corrected chi connectivity index (χ4v) is 4.39. The number of nitrogens with one attached hydrogen (secondary N) is 1. The molecule has 0 spiro atoms. The Morgan fingerprint density at radius 2 is 1.78 bits per heavy atom. The summed E-state index contributed by atoms with van der Waals surface area (Å²) in [5.74, 6) is -0.342. The van der Waals surface area contributed by atoms with Gasteiger partial charge in [-0.1, -0.05) is 18.5 Å². The number of halogens is 1. The van der Waals surface area contributed by atoms with E-state index in [1.54, 1.807) is 18.2 Å². The molecule has 27 heavy (non-hydrogen) atoms. The minimum atomic E-state index is -3.53. The molecule has 7 nitrogen and oxygen atoms in total. The highest BCUT2D eigenvalue weighted by Crippen LogP contribution is 2.20. The van der Waals surface area contributed by atoms with Crippen LogP contribution in [0.5, 0.6) is 0 Å². The number of hydrogen-bond donors (Lipinski definition) is 1. The lowest BCUT2D eigenvalue weighted by atomic mass is 10.2. The minimum Gasteiger partial charge on any atom is -0.322 e. The molecule has 0 aliphatic carbocycles. The van der Waals surface area contributed by atoms with Crippen LogP contribution in [0.25, 0.3) is 0 Å². The van der Waals surface area contributed by atoms with Crippen molar-refractivity contribution in [1.82, 2.24) is 14.2 Å². The van der Waals surface area contributed by atoms with Crippen molar-refractivity contribution in [3.8, 4) is 0 Å². The Hall–Kier alpha value is -2.00. The summed E-state index contributed by atoms with van der Waals surface area (Å²) in [4.78, 5) is 18.5. The Bertz CT molecular complexity index is 893. The monoisotopic (exact) mass is 408 g/mol. The van der Waals surface area contributed by atoms with Crippen molar-refractivity contribution in [3.05, 3.63) is 53.3 Å². The first-order chi connectivity index (χ1) is 12.9. The molecule has 3 rings (SSSR count). The van der Waals surface area contributed by atoms with Gasteiger partial charge in [-0.2, -0.15) is 4.31 Å². The van der Waals surface area contributed by atoms with Gasteiger partial charge in [-0.25, -0.2) is 13.4 Å². The fraction of sp³-hybridized carbons (Fsp3) is 0.333. The van der Waals surface area contributed by atoms with Gasteiger partial charge >= 0.3 is 0 Å². The number of nitrogens with zero attached hydrogens (tertiary/aromatic N) is 3. The Labute approximate surface area is 164 Å². The second-order valence-electron chi connectivity index (χ2n) is 6.19. The Morgan fingerprint density at radius 3 is 2.33 bits per heavy atom. The smallest absolute Gasteiger partial charge is 0.257 e. The molecule has 0 unspecified atom stereocenters.